The van der Waals surface area contributed by atoms with E-state index in [1.54, 1.807) is 7.11 Å². The van der Waals surface area contributed by atoms with Crippen LogP contribution in [-0.4, -0.2) is 26.4 Å². The Bertz CT molecular complexity index is 298. The molecule has 0 saturated heterocycles. The third-order valence-corrected chi connectivity index (χ3v) is 2.66. The van der Waals surface area contributed by atoms with Crippen molar-refractivity contribution in [1.29, 1.82) is 0 Å². The van der Waals surface area contributed by atoms with Crippen molar-refractivity contribution >= 4 is 0 Å². The summed E-state index contributed by atoms with van der Waals surface area (Å²) in [7, 11) is 1.65. The predicted molar refractivity (Wildman–Crippen MR) is 70.4 cm³/mol. The quantitative estimate of drug-likeness (QED) is 0.755. The number of methoxy groups -OCH3 is 1. The number of aryl methyl sites for hydroxylation is 1. The van der Waals surface area contributed by atoms with Crippen LogP contribution < -0.4 is 10.5 Å². The van der Waals surface area contributed by atoms with E-state index in [2.05, 4.69) is 19.1 Å². The van der Waals surface area contributed by atoms with Crippen molar-refractivity contribution in [2.75, 3.05) is 20.3 Å². The molecule has 0 saturated carbocycles. The number of nitrogens with two attached hydrogens (primary N) is 1. The van der Waals surface area contributed by atoms with Crippen LogP contribution in [0.15, 0.2) is 24.3 Å². The molecule has 1 aromatic carbocycles. The van der Waals surface area contributed by atoms with E-state index in [4.69, 9.17) is 15.2 Å². The summed E-state index contributed by atoms with van der Waals surface area (Å²) >= 11 is 0. The van der Waals surface area contributed by atoms with Crippen LogP contribution in [0.25, 0.3) is 0 Å². The second kappa shape index (κ2) is 8.09. The van der Waals surface area contributed by atoms with E-state index in [1.165, 1.54) is 18.4 Å². The summed E-state index contributed by atoms with van der Waals surface area (Å²) in [5.41, 5.74) is 6.95. The lowest BCUT2D eigenvalue weighted by Crippen LogP contribution is -2.31. The lowest BCUT2D eigenvalue weighted by atomic mass is 10.1. The van der Waals surface area contributed by atoms with Crippen LogP contribution >= 0.6 is 0 Å². The number of hydrogen-bond donors (Lipinski definition) is 1. The van der Waals surface area contributed by atoms with Gasteiger partial charge in [0, 0.05) is 13.7 Å². The molecule has 0 bridgehead atoms. The Hall–Kier alpha value is -1.06. The zero-order chi connectivity index (χ0) is 12.5. The molecule has 1 atom stereocenters. The van der Waals surface area contributed by atoms with Crippen LogP contribution in [0.4, 0.5) is 0 Å². The molecular weight excluding hydrogens is 214 g/mol. The van der Waals surface area contributed by atoms with Gasteiger partial charge in [0.2, 0.25) is 0 Å². The molecule has 0 heterocycles. The van der Waals surface area contributed by atoms with Crippen molar-refractivity contribution in [2.45, 2.75) is 32.3 Å². The highest BCUT2D eigenvalue weighted by Crippen LogP contribution is 2.15. The van der Waals surface area contributed by atoms with Crippen molar-refractivity contribution in [3.05, 3.63) is 29.8 Å². The molecule has 1 aromatic rings. The lowest BCUT2D eigenvalue weighted by molar-refractivity contribution is 0.0860. The van der Waals surface area contributed by atoms with E-state index >= 15 is 0 Å². The topological polar surface area (TPSA) is 44.5 Å². The van der Waals surface area contributed by atoms with Crippen LogP contribution in [-0.2, 0) is 11.2 Å². The molecule has 0 radical (unpaired) electrons. The SMILES string of the molecule is CCCCc1ccc(OC(CN)COC)cc1. The van der Waals surface area contributed by atoms with Crippen molar-refractivity contribution in [2.24, 2.45) is 5.73 Å². The highest BCUT2D eigenvalue weighted by Gasteiger charge is 2.07. The first-order valence-corrected chi connectivity index (χ1v) is 6.24. The summed E-state index contributed by atoms with van der Waals surface area (Å²) < 4.78 is 10.8. The standard InChI is InChI=1S/C14H23NO2/c1-3-4-5-12-6-8-13(9-7-12)17-14(10-15)11-16-2/h6-9,14H,3-5,10-11,15H2,1-2H3. The smallest absolute Gasteiger partial charge is 0.134 e. The molecule has 0 aromatic heterocycles. The van der Waals surface area contributed by atoms with Crippen LogP contribution in [0.2, 0.25) is 0 Å². The monoisotopic (exact) mass is 237 g/mol. The normalized spacial score (nSPS) is 12.4. The molecule has 0 aliphatic rings. The Labute approximate surface area is 104 Å². The second-order valence-electron chi connectivity index (χ2n) is 4.18. The highest BCUT2D eigenvalue weighted by molar-refractivity contribution is 5.27. The van der Waals surface area contributed by atoms with Crippen molar-refractivity contribution in [3.63, 3.8) is 0 Å². The molecule has 3 nitrogen and oxygen atoms in total. The van der Waals surface area contributed by atoms with Gasteiger partial charge in [0.25, 0.3) is 0 Å². The Morgan fingerprint density at radius 3 is 2.47 bits per heavy atom. The number of rotatable bonds is 8. The van der Waals surface area contributed by atoms with Gasteiger partial charge in [-0.1, -0.05) is 25.5 Å². The average molecular weight is 237 g/mol. The van der Waals surface area contributed by atoms with E-state index in [0.717, 1.165) is 12.2 Å². The molecule has 0 aliphatic carbocycles. The Balaban J connectivity index is 2.49. The fraction of sp³-hybridized carbons (Fsp3) is 0.571. The molecule has 17 heavy (non-hydrogen) atoms. The number of benzene rings is 1. The average Bonchev–Trinajstić information content (AvgIpc) is 2.37. The van der Waals surface area contributed by atoms with Crippen LogP contribution in [0.1, 0.15) is 25.3 Å². The van der Waals surface area contributed by atoms with Gasteiger partial charge in [-0.15, -0.1) is 0 Å². The van der Waals surface area contributed by atoms with Crippen LogP contribution in [0, 0.1) is 0 Å². The maximum atomic E-state index is 5.71. The molecule has 2 N–H and O–H groups in total. The first-order valence-electron chi connectivity index (χ1n) is 6.24. The zero-order valence-electron chi connectivity index (χ0n) is 10.8. The van der Waals surface area contributed by atoms with Gasteiger partial charge in [0.1, 0.15) is 11.9 Å². The molecule has 0 spiro atoms. The number of hydrogen-bond acceptors (Lipinski definition) is 3. The summed E-state index contributed by atoms with van der Waals surface area (Å²) in [6.07, 6.45) is 3.52. The van der Waals surface area contributed by atoms with Gasteiger partial charge in [-0.2, -0.15) is 0 Å². The van der Waals surface area contributed by atoms with E-state index in [1.807, 2.05) is 12.1 Å². The highest BCUT2D eigenvalue weighted by atomic mass is 16.5. The molecule has 96 valence electrons. The van der Waals surface area contributed by atoms with Gasteiger partial charge >= 0.3 is 0 Å². The maximum absolute atomic E-state index is 5.71. The van der Waals surface area contributed by atoms with Crippen LogP contribution in [0.3, 0.4) is 0 Å². The molecule has 1 rings (SSSR count). The second-order valence-corrected chi connectivity index (χ2v) is 4.18. The van der Waals surface area contributed by atoms with E-state index in [9.17, 15) is 0 Å². The van der Waals surface area contributed by atoms with E-state index < -0.39 is 0 Å². The minimum Gasteiger partial charge on any atom is -0.487 e. The minimum atomic E-state index is -0.0681. The zero-order valence-corrected chi connectivity index (χ0v) is 10.8. The first-order chi connectivity index (χ1) is 8.30. The third-order valence-electron chi connectivity index (χ3n) is 2.66. The maximum Gasteiger partial charge on any atom is 0.134 e. The molecule has 1 unspecified atom stereocenters. The van der Waals surface area contributed by atoms with Gasteiger partial charge in [0.15, 0.2) is 0 Å². The van der Waals surface area contributed by atoms with Gasteiger partial charge in [-0.25, -0.2) is 0 Å². The largest absolute Gasteiger partial charge is 0.487 e. The van der Waals surface area contributed by atoms with Crippen LogP contribution in [0.5, 0.6) is 5.75 Å². The summed E-state index contributed by atoms with van der Waals surface area (Å²) in [6, 6.07) is 8.24. The Morgan fingerprint density at radius 1 is 1.24 bits per heavy atom. The predicted octanol–water partition coefficient (Wildman–Crippen LogP) is 2.38. The summed E-state index contributed by atoms with van der Waals surface area (Å²) in [4.78, 5) is 0. The first kappa shape index (κ1) is 14.0. The van der Waals surface area contributed by atoms with Crippen molar-refractivity contribution < 1.29 is 9.47 Å². The molecule has 0 amide bonds. The van der Waals surface area contributed by atoms with Gasteiger partial charge < -0.3 is 15.2 Å². The number of unbranched alkanes of at least 4 members (excludes halogenated alkanes) is 1. The minimum absolute atomic E-state index is 0.0681. The third kappa shape index (κ3) is 5.20. The molecule has 3 heteroatoms. The summed E-state index contributed by atoms with van der Waals surface area (Å²) in [5.74, 6) is 0.859. The fourth-order valence-corrected chi connectivity index (χ4v) is 1.64. The summed E-state index contributed by atoms with van der Waals surface area (Å²) in [6.45, 7) is 3.19. The number of ether oxygens (including phenoxy) is 2. The van der Waals surface area contributed by atoms with Gasteiger partial charge in [-0.3, -0.25) is 0 Å². The lowest BCUT2D eigenvalue weighted by Gasteiger charge is -2.16. The van der Waals surface area contributed by atoms with Crippen molar-refractivity contribution in [3.8, 4) is 5.75 Å². The van der Waals surface area contributed by atoms with Gasteiger partial charge in [-0.05, 0) is 30.5 Å². The Kier molecular flexibility index (Phi) is 6.67. The van der Waals surface area contributed by atoms with E-state index in [0.29, 0.717) is 13.2 Å². The molecule has 0 fully saturated rings. The Morgan fingerprint density at radius 2 is 1.94 bits per heavy atom. The molecular formula is C14H23NO2. The van der Waals surface area contributed by atoms with Crippen molar-refractivity contribution in [1.82, 2.24) is 0 Å². The van der Waals surface area contributed by atoms with Gasteiger partial charge in [0.05, 0.1) is 6.61 Å². The fourth-order valence-electron chi connectivity index (χ4n) is 1.64. The molecule has 0 aliphatic heterocycles. The summed E-state index contributed by atoms with van der Waals surface area (Å²) in [5, 5.41) is 0. The van der Waals surface area contributed by atoms with E-state index in [-0.39, 0.29) is 6.10 Å².